The summed E-state index contributed by atoms with van der Waals surface area (Å²) >= 11 is 1.01. The van der Waals surface area contributed by atoms with Crippen LogP contribution in [0.3, 0.4) is 0 Å². The fourth-order valence-corrected chi connectivity index (χ4v) is 4.57. The summed E-state index contributed by atoms with van der Waals surface area (Å²) in [6, 6.07) is 2.16. The van der Waals surface area contributed by atoms with Crippen molar-refractivity contribution in [1.29, 1.82) is 0 Å². The van der Waals surface area contributed by atoms with Crippen LogP contribution in [0.15, 0.2) is 12.3 Å². The Hall–Kier alpha value is -2.52. The first-order valence-corrected chi connectivity index (χ1v) is 11.6. The zero-order chi connectivity index (χ0) is 25.4. The van der Waals surface area contributed by atoms with Crippen LogP contribution < -0.4 is 10.6 Å². The lowest BCUT2D eigenvalue weighted by Crippen LogP contribution is -2.38. The van der Waals surface area contributed by atoms with Gasteiger partial charge in [-0.05, 0) is 66.0 Å². The molecule has 0 bridgehead atoms. The minimum Gasteiger partial charge on any atom is -0.389 e. The smallest absolute Gasteiger partial charge is 0.280 e. The average Bonchev–Trinajstić information content (AvgIpc) is 3.32. The van der Waals surface area contributed by atoms with Gasteiger partial charge in [-0.2, -0.15) is 0 Å². The summed E-state index contributed by atoms with van der Waals surface area (Å²) in [5, 5.41) is 15.5. The molecule has 0 radical (unpaired) electrons. The monoisotopic (exact) mass is 461 g/mol. The summed E-state index contributed by atoms with van der Waals surface area (Å²) in [5.74, 6) is -0.349. The van der Waals surface area contributed by atoms with Gasteiger partial charge in [0.15, 0.2) is 5.01 Å². The lowest BCUT2D eigenvalue weighted by atomic mass is 10.1. The summed E-state index contributed by atoms with van der Waals surface area (Å²) in [4.78, 5) is 37.5. The Labute approximate surface area is 196 Å². The van der Waals surface area contributed by atoms with Crippen LogP contribution in [0.5, 0.6) is 0 Å². The number of amides is 2. The highest BCUT2D eigenvalue weighted by atomic mass is 32.1. The molecule has 1 saturated heterocycles. The maximum absolute atomic E-state index is 13.4. The van der Waals surface area contributed by atoms with E-state index in [2.05, 4.69) is 20.6 Å². The molecule has 32 heavy (non-hydrogen) atoms. The van der Waals surface area contributed by atoms with Gasteiger partial charge in [0.1, 0.15) is 11.5 Å². The number of anilines is 1. The number of pyridine rings is 1. The van der Waals surface area contributed by atoms with Crippen molar-refractivity contribution in [3.05, 3.63) is 28.5 Å². The molecule has 174 valence electrons. The van der Waals surface area contributed by atoms with Gasteiger partial charge in [-0.25, -0.2) is 9.97 Å². The van der Waals surface area contributed by atoms with Crippen molar-refractivity contribution in [2.45, 2.75) is 72.1 Å². The Morgan fingerprint density at radius 3 is 2.72 bits per heavy atom. The lowest BCUT2D eigenvalue weighted by Gasteiger charge is -2.21. The Bertz CT molecular complexity index is 1080. The lowest BCUT2D eigenvalue weighted by molar-refractivity contribution is 0.0692. The minimum absolute atomic E-state index is 0.0536. The van der Waals surface area contributed by atoms with E-state index in [0.717, 1.165) is 29.7 Å². The molecule has 1 fully saturated rings. The van der Waals surface area contributed by atoms with Crippen LogP contribution in [-0.2, 0) is 0 Å². The molecule has 2 aromatic heterocycles. The Morgan fingerprint density at radius 1 is 1.44 bits per heavy atom. The molecule has 3 rings (SSSR count). The van der Waals surface area contributed by atoms with Gasteiger partial charge < -0.3 is 20.6 Å². The molecule has 3 heterocycles. The highest BCUT2D eigenvalue weighted by Crippen LogP contribution is 2.35. The summed E-state index contributed by atoms with van der Waals surface area (Å²) in [7, 11) is 0. The molecule has 0 saturated carbocycles. The second-order valence-corrected chi connectivity index (χ2v) is 10.0. The van der Waals surface area contributed by atoms with E-state index in [-0.39, 0.29) is 28.7 Å². The maximum Gasteiger partial charge on any atom is 0.280 e. The van der Waals surface area contributed by atoms with Crippen molar-refractivity contribution < 1.29 is 17.4 Å². The number of carbonyl (C=O) groups is 2. The first-order chi connectivity index (χ1) is 15.7. The van der Waals surface area contributed by atoms with Gasteiger partial charge in [0.25, 0.3) is 11.8 Å². The second-order valence-electron chi connectivity index (χ2n) is 9.01. The zero-order valence-electron chi connectivity index (χ0n) is 21.4. The quantitative estimate of drug-likeness (QED) is 0.583. The highest BCUT2D eigenvalue weighted by molar-refractivity contribution is 7.17. The number of nitrogens with zero attached hydrogens (tertiary/aromatic N) is 3. The molecule has 0 spiro atoms. The molecule has 3 N–H and O–H groups in total. The van der Waals surface area contributed by atoms with E-state index in [4.69, 9.17) is 2.74 Å². The van der Waals surface area contributed by atoms with Crippen LogP contribution >= 0.6 is 11.3 Å². The number of thiazole rings is 1. The van der Waals surface area contributed by atoms with Gasteiger partial charge in [-0.3, -0.25) is 9.59 Å². The third kappa shape index (κ3) is 5.63. The second kappa shape index (κ2) is 9.54. The topological polar surface area (TPSA) is 107 Å². The number of likely N-dealkylation sites (tertiary alicyclic amines) is 1. The van der Waals surface area contributed by atoms with Crippen molar-refractivity contribution in [3.8, 4) is 10.4 Å². The van der Waals surface area contributed by atoms with Gasteiger partial charge in [-0.1, -0.05) is 0 Å². The molecule has 0 aromatic carbocycles. The Kier molecular flexibility index (Phi) is 6.36. The molecular weight excluding hydrogens is 426 g/mol. The SMILES string of the molecule is [2H]C([2H])(NC(=O)c1nc(C(=O)N2CCC[C@@H]2C)c(-c2cnc(NC(C)C)cc2C)s1)C(C)(C)O. The first kappa shape index (κ1) is 21.3. The number of carbonyl (C=O) groups excluding carboxylic acids is 2. The van der Waals surface area contributed by atoms with Crippen molar-refractivity contribution in [3.63, 3.8) is 0 Å². The van der Waals surface area contributed by atoms with Gasteiger partial charge >= 0.3 is 0 Å². The summed E-state index contributed by atoms with van der Waals surface area (Å²) < 4.78 is 16.0. The van der Waals surface area contributed by atoms with Gasteiger partial charge in [-0.15, -0.1) is 11.3 Å². The van der Waals surface area contributed by atoms with Gasteiger partial charge in [0, 0.05) is 36.9 Å². The van der Waals surface area contributed by atoms with Crippen molar-refractivity contribution in [2.75, 3.05) is 18.4 Å². The largest absolute Gasteiger partial charge is 0.389 e. The van der Waals surface area contributed by atoms with Crippen LogP contribution in [-0.4, -0.2) is 62.5 Å². The van der Waals surface area contributed by atoms with Gasteiger partial charge in [0.2, 0.25) is 0 Å². The number of aryl methyl sites for hydroxylation is 1. The molecule has 2 aromatic rings. The van der Waals surface area contributed by atoms with E-state index in [1.807, 2.05) is 33.8 Å². The summed E-state index contributed by atoms with van der Waals surface area (Å²) in [5.41, 5.74) is -0.107. The van der Waals surface area contributed by atoms with Crippen molar-refractivity contribution >= 4 is 29.0 Å². The Balaban J connectivity index is 2.05. The standard InChI is InChI=1S/C23H33N5O3S/c1-13(2)26-17-10-14(3)16(11-24-17)19-18(22(30)28-9-7-8-15(28)4)27-21(32-19)20(29)25-12-23(5,6)31/h10-11,13,15,31H,7-9,12H2,1-6H3,(H,24,26)(H,25,29)/t15-/m0/s1/i12D2. The van der Waals surface area contributed by atoms with Crippen LogP contribution in [0.25, 0.3) is 10.4 Å². The fourth-order valence-electron chi connectivity index (χ4n) is 3.55. The third-order valence-electron chi connectivity index (χ3n) is 5.11. The number of rotatable bonds is 7. The summed E-state index contributed by atoms with van der Waals surface area (Å²) in [6.07, 6.45) is 3.47. The Morgan fingerprint density at radius 2 is 2.16 bits per heavy atom. The zero-order valence-corrected chi connectivity index (χ0v) is 20.3. The van der Waals surface area contributed by atoms with Crippen LogP contribution in [0.2, 0.25) is 0 Å². The van der Waals surface area contributed by atoms with E-state index in [0.29, 0.717) is 22.8 Å². The molecule has 9 heteroatoms. The molecule has 1 atom stereocenters. The fraction of sp³-hybridized carbons (Fsp3) is 0.565. The van der Waals surface area contributed by atoms with Crippen LogP contribution in [0.1, 0.15) is 76.1 Å². The van der Waals surface area contributed by atoms with E-state index in [1.54, 1.807) is 11.1 Å². The van der Waals surface area contributed by atoms with E-state index >= 15 is 0 Å². The highest BCUT2D eigenvalue weighted by Gasteiger charge is 2.32. The minimum atomic E-state index is -2.40. The van der Waals surface area contributed by atoms with Crippen LogP contribution in [0, 0.1) is 6.92 Å². The maximum atomic E-state index is 13.4. The first-order valence-electron chi connectivity index (χ1n) is 11.8. The number of hydrogen-bond acceptors (Lipinski definition) is 7. The van der Waals surface area contributed by atoms with Crippen LogP contribution in [0.4, 0.5) is 5.82 Å². The summed E-state index contributed by atoms with van der Waals surface area (Å²) in [6.45, 7) is 8.68. The molecule has 0 unspecified atom stereocenters. The predicted octanol–water partition coefficient (Wildman–Crippen LogP) is 3.46. The number of aliphatic hydroxyl groups is 1. The molecule has 1 aliphatic heterocycles. The number of aromatic nitrogens is 2. The van der Waals surface area contributed by atoms with E-state index in [9.17, 15) is 14.7 Å². The van der Waals surface area contributed by atoms with Crippen molar-refractivity contribution in [2.24, 2.45) is 0 Å². The van der Waals surface area contributed by atoms with Gasteiger partial charge in [0.05, 0.1) is 13.2 Å². The normalized spacial score (nSPS) is 17.9. The molecule has 1 aliphatic rings. The third-order valence-corrected chi connectivity index (χ3v) is 6.20. The predicted molar refractivity (Wildman–Crippen MR) is 127 cm³/mol. The number of hydrogen-bond donors (Lipinski definition) is 3. The number of nitrogens with one attached hydrogen (secondary N) is 2. The molecule has 2 amide bonds. The van der Waals surface area contributed by atoms with Crippen molar-refractivity contribution in [1.82, 2.24) is 20.2 Å². The molecular formula is C23H33N5O3S. The molecule has 8 nitrogen and oxygen atoms in total. The average molecular weight is 462 g/mol. The van der Waals surface area contributed by atoms with E-state index < -0.39 is 18.0 Å². The molecule has 0 aliphatic carbocycles. The van der Waals surface area contributed by atoms with E-state index in [1.165, 1.54) is 13.8 Å².